The third kappa shape index (κ3) is 1.41. The summed E-state index contributed by atoms with van der Waals surface area (Å²) < 4.78 is 0.887. The molecule has 0 spiro atoms. The van der Waals surface area contributed by atoms with Crippen LogP contribution in [0.1, 0.15) is 27.8 Å². The summed E-state index contributed by atoms with van der Waals surface area (Å²) in [5, 5.41) is 0.788. The van der Waals surface area contributed by atoms with Crippen LogP contribution in [0.3, 0.4) is 0 Å². The first-order chi connectivity index (χ1) is 8.08. The minimum atomic E-state index is -0.110. The lowest BCUT2D eigenvalue weighted by molar-refractivity contribution is 0.0983. The standard InChI is InChI=1S/C13H8BrNO2/c1-6-4-10(16)11-8-5-7(14)2-3-9(8)15-12(11)13(6)17/h2-5,15H,1H3. The van der Waals surface area contributed by atoms with Gasteiger partial charge in [0.2, 0.25) is 5.78 Å². The number of halogens is 1. The van der Waals surface area contributed by atoms with Crippen molar-refractivity contribution in [3.8, 4) is 0 Å². The Bertz CT molecular complexity index is 710. The molecule has 84 valence electrons. The maximum absolute atomic E-state index is 12.0. The summed E-state index contributed by atoms with van der Waals surface area (Å²) in [6.45, 7) is 1.66. The summed E-state index contributed by atoms with van der Waals surface area (Å²) in [5.74, 6) is -0.214. The van der Waals surface area contributed by atoms with Gasteiger partial charge >= 0.3 is 0 Å². The molecule has 1 heterocycles. The Balaban J connectivity index is 2.42. The van der Waals surface area contributed by atoms with E-state index < -0.39 is 0 Å². The minimum absolute atomic E-state index is 0.105. The van der Waals surface area contributed by atoms with Crippen molar-refractivity contribution < 1.29 is 9.59 Å². The van der Waals surface area contributed by atoms with Crippen LogP contribution in [0, 0.1) is 0 Å². The number of nitrogens with one attached hydrogen (secondary N) is 1. The zero-order valence-corrected chi connectivity index (χ0v) is 10.6. The van der Waals surface area contributed by atoms with E-state index >= 15 is 0 Å². The summed E-state index contributed by atoms with van der Waals surface area (Å²) in [4.78, 5) is 26.9. The first-order valence-electron chi connectivity index (χ1n) is 5.16. The summed E-state index contributed by atoms with van der Waals surface area (Å²) in [5.41, 5.74) is 2.18. The van der Waals surface area contributed by atoms with Gasteiger partial charge in [-0.15, -0.1) is 0 Å². The lowest BCUT2D eigenvalue weighted by atomic mass is 9.94. The predicted molar refractivity (Wildman–Crippen MR) is 68.4 cm³/mol. The van der Waals surface area contributed by atoms with Gasteiger partial charge < -0.3 is 4.98 Å². The number of carbonyl (C=O) groups excluding carboxylic acids is 2. The molecule has 4 heteroatoms. The Morgan fingerprint density at radius 3 is 2.76 bits per heavy atom. The number of aromatic nitrogens is 1. The molecule has 1 aromatic carbocycles. The molecule has 1 aliphatic carbocycles. The van der Waals surface area contributed by atoms with Gasteiger partial charge in [0.15, 0.2) is 5.78 Å². The molecule has 1 aromatic heterocycles. The molecule has 0 fully saturated rings. The second-order valence-corrected chi connectivity index (χ2v) is 5.00. The number of rotatable bonds is 0. The van der Waals surface area contributed by atoms with E-state index in [9.17, 15) is 9.59 Å². The number of Topliss-reactive ketones (excluding diaryl/α,β-unsaturated/α-hetero) is 1. The fourth-order valence-corrected chi connectivity index (χ4v) is 2.48. The summed E-state index contributed by atoms with van der Waals surface area (Å²) in [6, 6.07) is 5.58. The van der Waals surface area contributed by atoms with E-state index in [0.29, 0.717) is 16.8 Å². The number of H-pyrrole nitrogens is 1. The van der Waals surface area contributed by atoms with Crippen LogP contribution in [-0.2, 0) is 0 Å². The van der Waals surface area contributed by atoms with Crippen molar-refractivity contribution in [2.45, 2.75) is 6.92 Å². The van der Waals surface area contributed by atoms with Crippen LogP contribution >= 0.6 is 15.9 Å². The molecule has 17 heavy (non-hydrogen) atoms. The molecule has 0 atom stereocenters. The van der Waals surface area contributed by atoms with Gasteiger partial charge in [0, 0.05) is 20.9 Å². The lowest BCUT2D eigenvalue weighted by Gasteiger charge is -2.07. The summed E-state index contributed by atoms with van der Waals surface area (Å²) in [7, 11) is 0. The monoisotopic (exact) mass is 289 g/mol. The van der Waals surface area contributed by atoms with E-state index in [2.05, 4.69) is 20.9 Å². The molecule has 0 radical (unpaired) electrons. The molecule has 0 saturated carbocycles. The Labute approximate surface area is 106 Å². The fraction of sp³-hybridized carbons (Fsp3) is 0.0769. The van der Waals surface area contributed by atoms with Gasteiger partial charge in [-0.3, -0.25) is 9.59 Å². The Kier molecular flexibility index (Phi) is 2.10. The average Bonchev–Trinajstić information content (AvgIpc) is 2.65. The van der Waals surface area contributed by atoms with Crippen molar-refractivity contribution in [3.05, 3.63) is 45.6 Å². The van der Waals surface area contributed by atoms with Gasteiger partial charge in [-0.1, -0.05) is 15.9 Å². The maximum atomic E-state index is 12.0. The van der Waals surface area contributed by atoms with Gasteiger partial charge in [0.05, 0.1) is 11.3 Å². The number of fused-ring (bicyclic) bond motifs is 3. The highest BCUT2D eigenvalue weighted by Gasteiger charge is 2.27. The topological polar surface area (TPSA) is 49.9 Å². The Hall–Kier alpha value is -1.68. The number of benzene rings is 1. The molecule has 0 unspecified atom stereocenters. The smallest absolute Gasteiger partial charge is 0.205 e. The molecule has 3 rings (SSSR count). The van der Waals surface area contributed by atoms with Crippen molar-refractivity contribution in [3.63, 3.8) is 0 Å². The molecular formula is C13H8BrNO2. The van der Waals surface area contributed by atoms with Gasteiger partial charge in [-0.05, 0) is 31.2 Å². The Morgan fingerprint density at radius 1 is 1.24 bits per heavy atom. The lowest BCUT2D eigenvalue weighted by Crippen LogP contribution is -2.14. The van der Waals surface area contributed by atoms with Gasteiger partial charge in [-0.25, -0.2) is 0 Å². The molecule has 0 bridgehead atoms. The minimum Gasteiger partial charge on any atom is -0.351 e. The first-order valence-corrected chi connectivity index (χ1v) is 5.96. The van der Waals surface area contributed by atoms with Gasteiger partial charge in [-0.2, -0.15) is 0 Å². The van der Waals surface area contributed by atoms with Gasteiger partial charge in [0.25, 0.3) is 0 Å². The van der Waals surface area contributed by atoms with Crippen LogP contribution in [0.2, 0.25) is 0 Å². The van der Waals surface area contributed by atoms with Crippen LogP contribution < -0.4 is 0 Å². The van der Waals surface area contributed by atoms with Crippen molar-refractivity contribution in [2.24, 2.45) is 0 Å². The van der Waals surface area contributed by atoms with Crippen molar-refractivity contribution in [1.82, 2.24) is 4.98 Å². The zero-order chi connectivity index (χ0) is 12.2. The van der Waals surface area contributed by atoms with Crippen LogP contribution in [-0.4, -0.2) is 16.6 Å². The second-order valence-electron chi connectivity index (χ2n) is 4.09. The number of aromatic amines is 1. The maximum Gasteiger partial charge on any atom is 0.205 e. The molecular weight excluding hydrogens is 282 g/mol. The molecule has 1 N–H and O–H groups in total. The third-order valence-electron chi connectivity index (χ3n) is 2.94. The quantitative estimate of drug-likeness (QED) is 0.809. The van der Waals surface area contributed by atoms with Crippen LogP contribution in [0.4, 0.5) is 0 Å². The normalized spacial score (nSPS) is 15.1. The van der Waals surface area contributed by atoms with E-state index in [1.54, 1.807) is 6.92 Å². The average molecular weight is 290 g/mol. The van der Waals surface area contributed by atoms with E-state index in [1.807, 2.05) is 18.2 Å². The predicted octanol–water partition coefficient (Wildman–Crippen LogP) is 3.26. The summed E-state index contributed by atoms with van der Waals surface area (Å²) >= 11 is 3.37. The molecule has 1 aliphatic rings. The molecule has 2 aromatic rings. The van der Waals surface area contributed by atoms with Crippen LogP contribution in [0.15, 0.2) is 34.3 Å². The largest absolute Gasteiger partial charge is 0.351 e. The number of carbonyl (C=O) groups is 2. The highest BCUT2D eigenvalue weighted by molar-refractivity contribution is 9.10. The second kappa shape index (κ2) is 3.40. The van der Waals surface area contributed by atoms with E-state index in [1.165, 1.54) is 6.08 Å². The van der Waals surface area contributed by atoms with Gasteiger partial charge in [0.1, 0.15) is 0 Å². The van der Waals surface area contributed by atoms with Crippen molar-refractivity contribution >= 4 is 38.4 Å². The Morgan fingerprint density at radius 2 is 2.00 bits per heavy atom. The van der Waals surface area contributed by atoms with E-state index in [4.69, 9.17) is 0 Å². The van der Waals surface area contributed by atoms with Crippen LogP contribution in [0.5, 0.6) is 0 Å². The summed E-state index contributed by atoms with van der Waals surface area (Å²) in [6.07, 6.45) is 1.40. The number of hydrogen-bond acceptors (Lipinski definition) is 2. The fourth-order valence-electron chi connectivity index (χ4n) is 2.12. The molecule has 0 aliphatic heterocycles. The van der Waals surface area contributed by atoms with Crippen molar-refractivity contribution in [2.75, 3.05) is 0 Å². The first kappa shape index (κ1) is 10.5. The highest BCUT2D eigenvalue weighted by Crippen LogP contribution is 2.30. The van der Waals surface area contributed by atoms with E-state index in [0.717, 1.165) is 15.4 Å². The van der Waals surface area contributed by atoms with E-state index in [-0.39, 0.29) is 11.6 Å². The zero-order valence-electron chi connectivity index (χ0n) is 9.00. The highest BCUT2D eigenvalue weighted by atomic mass is 79.9. The third-order valence-corrected chi connectivity index (χ3v) is 3.43. The molecule has 0 amide bonds. The SMILES string of the molecule is CC1=CC(=O)c2c([nH]c3ccc(Br)cc23)C1=O. The molecule has 3 nitrogen and oxygen atoms in total. The number of allylic oxidation sites excluding steroid dienone is 2. The van der Waals surface area contributed by atoms with Crippen LogP contribution in [0.25, 0.3) is 10.9 Å². The van der Waals surface area contributed by atoms with Crippen molar-refractivity contribution in [1.29, 1.82) is 0 Å². The number of ketones is 2. The number of hydrogen-bond donors (Lipinski definition) is 1. The molecule has 0 saturated heterocycles.